The fraction of sp³-hybridized carbons (Fsp3) is 0.400. The van der Waals surface area contributed by atoms with Gasteiger partial charge in [0.25, 0.3) is 0 Å². The SMILES string of the molecule is COC(=O)[C@H](Cc1ccccc1)NC(=O)[C@H](Cc1ccc(O)cc1)NC(=O)[C@H](CCC(=O)O)NC(=O)[C@@H](N)CCCN=C(N)N. The molecule has 0 aliphatic heterocycles. The summed E-state index contributed by atoms with van der Waals surface area (Å²) in [6, 6.07) is 10.1. The monoisotopic (exact) mass is 627 g/mol. The maximum atomic E-state index is 13.6. The highest BCUT2D eigenvalue weighted by molar-refractivity contribution is 5.94. The zero-order chi connectivity index (χ0) is 33.4. The Morgan fingerprint density at radius 3 is 1.96 bits per heavy atom. The number of hydrogen-bond donors (Lipinski definition) is 8. The number of ether oxygens (including phenoxy) is 1. The summed E-state index contributed by atoms with van der Waals surface area (Å²) >= 11 is 0. The van der Waals surface area contributed by atoms with Crippen molar-refractivity contribution in [1.82, 2.24) is 16.0 Å². The van der Waals surface area contributed by atoms with Crippen LogP contribution >= 0.6 is 0 Å². The molecule has 4 atom stereocenters. The zero-order valence-electron chi connectivity index (χ0n) is 25.0. The van der Waals surface area contributed by atoms with Gasteiger partial charge in [-0.05, 0) is 42.5 Å². The van der Waals surface area contributed by atoms with Gasteiger partial charge in [-0.25, -0.2) is 4.79 Å². The third-order valence-electron chi connectivity index (χ3n) is 6.68. The summed E-state index contributed by atoms with van der Waals surface area (Å²) in [6.07, 6.45) is -0.164. The number of carbonyl (C=O) groups excluding carboxylic acids is 4. The largest absolute Gasteiger partial charge is 0.508 e. The summed E-state index contributed by atoms with van der Waals surface area (Å²) in [4.78, 5) is 67.5. The van der Waals surface area contributed by atoms with Crippen LogP contribution in [0, 0.1) is 0 Å². The normalized spacial score (nSPS) is 13.3. The second-order valence-electron chi connectivity index (χ2n) is 10.3. The number of nitrogens with two attached hydrogens (primary N) is 3. The molecule has 15 nitrogen and oxygen atoms in total. The molecule has 0 bridgehead atoms. The first-order chi connectivity index (χ1) is 21.4. The number of nitrogens with zero attached hydrogens (tertiary/aromatic N) is 1. The molecule has 244 valence electrons. The van der Waals surface area contributed by atoms with Crippen LogP contribution in [0.3, 0.4) is 0 Å². The fourth-order valence-electron chi connectivity index (χ4n) is 4.27. The summed E-state index contributed by atoms with van der Waals surface area (Å²) in [6.45, 7) is 0.233. The molecule has 15 heteroatoms. The molecular weight excluding hydrogens is 586 g/mol. The van der Waals surface area contributed by atoms with Gasteiger partial charge in [-0.1, -0.05) is 42.5 Å². The fourth-order valence-corrected chi connectivity index (χ4v) is 4.27. The maximum Gasteiger partial charge on any atom is 0.328 e. The number of amides is 3. The third-order valence-corrected chi connectivity index (χ3v) is 6.68. The van der Waals surface area contributed by atoms with E-state index in [1.54, 1.807) is 42.5 Å². The van der Waals surface area contributed by atoms with Crippen molar-refractivity contribution in [2.45, 2.75) is 62.7 Å². The molecule has 0 aliphatic carbocycles. The Balaban J connectivity index is 2.26. The standard InChI is InChI=1S/C30H41N7O8/c1-45-29(44)24(17-18-6-3-2-4-7-18)37-28(43)23(16-19-9-11-20(38)12-10-19)36-27(42)22(13-14-25(39)40)35-26(41)21(31)8-5-15-34-30(32)33/h2-4,6-7,9-12,21-24,38H,5,8,13-17,31H2,1H3,(H,35,41)(H,36,42)(H,37,43)(H,39,40)(H4,32,33,34)/t21-,22-,23-,24-/m0/s1. The second kappa shape index (κ2) is 18.5. The van der Waals surface area contributed by atoms with Gasteiger partial charge in [-0.15, -0.1) is 0 Å². The quantitative estimate of drug-likeness (QED) is 0.0432. The molecule has 0 spiro atoms. The molecule has 0 aromatic heterocycles. The van der Waals surface area contributed by atoms with Crippen LogP contribution < -0.4 is 33.2 Å². The molecule has 0 saturated heterocycles. The predicted octanol–water partition coefficient (Wildman–Crippen LogP) is -0.949. The lowest BCUT2D eigenvalue weighted by Gasteiger charge is -2.25. The van der Waals surface area contributed by atoms with Gasteiger partial charge >= 0.3 is 11.9 Å². The summed E-state index contributed by atoms with van der Waals surface area (Å²) in [7, 11) is 1.18. The highest BCUT2D eigenvalue weighted by Crippen LogP contribution is 2.13. The van der Waals surface area contributed by atoms with Crippen LogP contribution in [-0.2, 0) is 41.6 Å². The molecule has 2 rings (SSSR count). The number of guanidine groups is 1. The van der Waals surface area contributed by atoms with E-state index in [4.69, 9.17) is 21.9 Å². The molecule has 3 amide bonds. The number of aliphatic carboxylic acids is 1. The van der Waals surface area contributed by atoms with Gasteiger partial charge in [-0.3, -0.25) is 24.2 Å². The van der Waals surface area contributed by atoms with Crippen LogP contribution in [-0.4, -0.2) is 83.7 Å². The Kier molecular flexibility index (Phi) is 14.8. The topological polar surface area (TPSA) is 262 Å². The molecule has 0 radical (unpaired) electrons. The first-order valence-electron chi connectivity index (χ1n) is 14.2. The number of phenolic OH excluding ortho intramolecular Hbond substituents is 1. The number of phenols is 1. The van der Waals surface area contributed by atoms with Crippen LogP contribution in [0.2, 0.25) is 0 Å². The lowest BCUT2D eigenvalue weighted by Crippen LogP contribution is -2.58. The van der Waals surface area contributed by atoms with Crippen LogP contribution in [0.1, 0.15) is 36.8 Å². The summed E-state index contributed by atoms with van der Waals surface area (Å²) in [5, 5.41) is 26.6. The number of methoxy groups -OCH3 is 1. The molecule has 0 fully saturated rings. The van der Waals surface area contributed by atoms with Crippen LogP contribution in [0.4, 0.5) is 0 Å². The molecule has 0 heterocycles. The molecule has 2 aromatic rings. The van der Waals surface area contributed by atoms with Gasteiger partial charge in [-0.2, -0.15) is 0 Å². The Bertz CT molecular complexity index is 1320. The van der Waals surface area contributed by atoms with E-state index in [1.165, 1.54) is 19.2 Å². The number of carbonyl (C=O) groups is 5. The van der Waals surface area contributed by atoms with E-state index in [9.17, 15) is 34.2 Å². The summed E-state index contributed by atoms with van der Waals surface area (Å²) in [5.41, 5.74) is 17.8. The smallest absolute Gasteiger partial charge is 0.328 e. The van der Waals surface area contributed by atoms with Crippen molar-refractivity contribution >= 4 is 35.6 Å². The molecule has 0 unspecified atom stereocenters. The number of carboxylic acid groups (broad SMARTS) is 1. The van der Waals surface area contributed by atoms with Crippen molar-refractivity contribution in [2.75, 3.05) is 13.7 Å². The van der Waals surface area contributed by atoms with E-state index in [0.29, 0.717) is 12.0 Å². The number of rotatable bonds is 18. The van der Waals surface area contributed by atoms with E-state index in [-0.39, 0.29) is 43.9 Å². The van der Waals surface area contributed by atoms with Crippen molar-refractivity contribution in [3.8, 4) is 5.75 Å². The van der Waals surface area contributed by atoms with Crippen molar-refractivity contribution in [2.24, 2.45) is 22.2 Å². The first kappa shape index (κ1) is 36.0. The van der Waals surface area contributed by atoms with E-state index in [2.05, 4.69) is 20.9 Å². The Morgan fingerprint density at radius 2 is 1.36 bits per heavy atom. The second-order valence-corrected chi connectivity index (χ2v) is 10.3. The average molecular weight is 628 g/mol. The zero-order valence-corrected chi connectivity index (χ0v) is 25.0. The minimum absolute atomic E-state index is 0.0107. The minimum atomic E-state index is -1.35. The van der Waals surface area contributed by atoms with Crippen LogP contribution in [0.5, 0.6) is 5.75 Å². The molecule has 45 heavy (non-hydrogen) atoms. The lowest BCUT2D eigenvalue weighted by molar-refractivity contribution is -0.145. The molecule has 11 N–H and O–H groups in total. The number of esters is 1. The van der Waals surface area contributed by atoms with Gasteiger partial charge < -0.3 is 48.1 Å². The number of nitrogens with one attached hydrogen (secondary N) is 3. The number of aromatic hydroxyl groups is 1. The van der Waals surface area contributed by atoms with Crippen molar-refractivity contribution < 1.29 is 38.9 Å². The highest BCUT2D eigenvalue weighted by Gasteiger charge is 2.31. The Labute approximate surface area is 260 Å². The molecule has 2 aromatic carbocycles. The van der Waals surface area contributed by atoms with E-state index < -0.39 is 60.2 Å². The van der Waals surface area contributed by atoms with Crippen molar-refractivity contribution in [3.05, 3.63) is 65.7 Å². The number of benzene rings is 2. The predicted molar refractivity (Wildman–Crippen MR) is 165 cm³/mol. The number of carboxylic acids is 1. The lowest BCUT2D eigenvalue weighted by atomic mass is 10.0. The van der Waals surface area contributed by atoms with Crippen LogP contribution in [0.15, 0.2) is 59.6 Å². The maximum absolute atomic E-state index is 13.6. The minimum Gasteiger partial charge on any atom is -0.508 e. The summed E-state index contributed by atoms with van der Waals surface area (Å²) in [5.74, 6) is -4.31. The first-order valence-corrected chi connectivity index (χ1v) is 14.2. The highest BCUT2D eigenvalue weighted by atomic mass is 16.5. The van der Waals surface area contributed by atoms with Gasteiger partial charge in [0.2, 0.25) is 17.7 Å². The summed E-state index contributed by atoms with van der Waals surface area (Å²) < 4.78 is 4.88. The molecule has 0 aliphatic rings. The van der Waals surface area contributed by atoms with Gasteiger partial charge in [0, 0.05) is 25.8 Å². The number of aliphatic imine (C=N–C) groups is 1. The molecular formula is C30H41N7O8. The van der Waals surface area contributed by atoms with E-state index in [0.717, 1.165) is 5.56 Å². The van der Waals surface area contributed by atoms with Gasteiger partial charge in [0.05, 0.1) is 13.2 Å². The number of hydrogen-bond acceptors (Lipinski definition) is 9. The van der Waals surface area contributed by atoms with Gasteiger partial charge in [0.15, 0.2) is 5.96 Å². The average Bonchev–Trinajstić information content (AvgIpc) is 3.01. The third kappa shape index (κ3) is 13.3. The van der Waals surface area contributed by atoms with Crippen molar-refractivity contribution in [1.29, 1.82) is 0 Å². The van der Waals surface area contributed by atoms with E-state index >= 15 is 0 Å². The van der Waals surface area contributed by atoms with Crippen molar-refractivity contribution in [3.63, 3.8) is 0 Å². The van der Waals surface area contributed by atoms with E-state index in [1.807, 2.05) is 0 Å². The van der Waals surface area contributed by atoms with Crippen LogP contribution in [0.25, 0.3) is 0 Å². The molecule has 0 saturated carbocycles. The van der Waals surface area contributed by atoms with Gasteiger partial charge in [0.1, 0.15) is 23.9 Å². The Morgan fingerprint density at radius 1 is 0.800 bits per heavy atom. The Hall–Kier alpha value is -5.18.